The van der Waals surface area contributed by atoms with E-state index in [2.05, 4.69) is 20.7 Å². The third kappa shape index (κ3) is 2.94. The Morgan fingerprint density at radius 3 is 2.56 bits per heavy atom. The Balaban J connectivity index is 1.57. The summed E-state index contributed by atoms with van der Waals surface area (Å²) in [6, 6.07) is 8.39. The van der Waals surface area contributed by atoms with Crippen LogP contribution in [0.25, 0.3) is 0 Å². The van der Waals surface area contributed by atoms with Crippen molar-refractivity contribution in [2.45, 2.75) is 26.1 Å². The highest BCUT2D eigenvalue weighted by Gasteiger charge is 2.43. The van der Waals surface area contributed by atoms with Crippen LogP contribution in [0.15, 0.2) is 40.4 Å². The van der Waals surface area contributed by atoms with Gasteiger partial charge in [-0.05, 0) is 18.1 Å². The molecular weight excluding hydrogens is 348 g/mol. The van der Waals surface area contributed by atoms with Crippen LogP contribution >= 0.6 is 0 Å². The number of anilines is 1. The van der Waals surface area contributed by atoms with Gasteiger partial charge in [0.25, 0.3) is 5.91 Å². The van der Waals surface area contributed by atoms with Crippen molar-refractivity contribution in [2.24, 2.45) is 21.9 Å². The average Bonchev–Trinajstić information content (AvgIpc) is 3.19. The fraction of sp³-hybridized carbons (Fsp3) is 0.389. The van der Waals surface area contributed by atoms with Gasteiger partial charge in [0.05, 0.1) is 12.2 Å². The number of hydrogen-bond donors (Lipinski definition) is 2. The van der Waals surface area contributed by atoms with Crippen molar-refractivity contribution < 1.29 is 14.4 Å². The lowest BCUT2D eigenvalue weighted by molar-refractivity contribution is -0.128. The highest BCUT2D eigenvalue weighted by molar-refractivity contribution is 6.12. The van der Waals surface area contributed by atoms with Crippen molar-refractivity contribution in [1.82, 2.24) is 15.5 Å². The van der Waals surface area contributed by atoms with Gasteiger partial charge >= 0.3 is 6.03 Å². The quantitative estimate of drug-likeness (QED) is 0.757. The van der Waals surface area contributed by atoms with Crippen LogP contribution in [-0.2, 0) is 9.59 Å². The number of benzene rings is 1. The van der Waals surface area contributed by atoms with E-state index >= 15 is 0 Å². The summed E-state index contributed by atoms with van der Waals surface area (Å²) in [4.78, 5) is 42.7. The van der Waals surface area contributed by atoms with E-state index < -0.39 is 24.2 Å². The predicted octanol–water partition coefficient (Wildman–Crippen LogP) is 0.539. The fourth-order valence-electron chi connectivity index (χ4n) is 3.37. The Kier molecular flexibility index (Phi) is 4.14. The van der Waals surface area contributed by atoms with Crippen LogP contribution in [0, 0.1) is 11.8 Å². The molecule has 2 N–H and O–H groups in total. The lowest BCUT2D eigenvalue weighted by Gasteiger charge is -2.29. The van der Waals surface area contributed by atoms with E-state index in [0.29, 0.717) is 0 Å². The first-order valence-electron chi connectivity index (χ1n) is 8.83. The summed E-state index contributed by atoms with van der Waals surface area (Å²) >= 11 is 0. The molecule has 1 saturated heterocycles. The fourth-order valence-corrected chi connectivity index (χ4v) is 3.37. The van der Waals surface area contributed by atoms with Gasteiger partial charge < -0.3 is 10.6 Å². The monoisotopic (exact) mass is 368 g/mol. The SMILES string of the molecule is CC(C)[C@@H]1NC(=O)N(CC2=N[C@@H]3[C@@H](C=NN3c3ccccc3)C(=O)N2)C1=O. The summed E-state index contributed by atoms with van der Waals surface area (Å²) < 4.78 is 0. The molecule has 3 aliphatic heterocycles. The van der Waals surface area contributed by atoms with E-state index in [1.165, 1.54) is 0 Å². The molecule has 3 heterocycles. The third-order valence-corrected chi connectivity index (χ3v) is 4.83. The molecule has 1 aromatic rings. The number of fused-ring (bicyclic) bond motifs is 1. The molecule has 3 atom stereocenters. The topological polar surface area (TPSA) is 106 Å². The van der Waals surface area contributed by atoms with E-state index in [1.807, 2.05) is 44.2 Å². The number of amides is 4. The van der Waals surface area contributed by atoms with Gasteiger partial charge in [-0.2, -0.15) is 5.10 Å². The Labute approximate surface area is 156 Å². The van der Waals surface area contributed by atoms with Crippen molar-refractivity contribution >= 4 is 35.6 Å². The van der Waals surface area contributed by atoms with Crippen LogP contribution in [0.3, 0.4) is 0 Å². The number of nitrogens with one attached hydrogen (secondary N) is 2. The molecule has 27 heavy (non-hydrogen) atoms. The number of imide groups is 1. The van der Waals surface area contributed by atoms with E-state index in [9.17, 15) is 14.4 Å². The van der Waals surface area contributed by atoms with Gasteiger partial charge in [-0.25, -0.2) is 14.8 Å². The smallest absolute Gasteiger partial charge is 0.325 e. The lowest BCUT2D eigenvalue weighted by atomic mass is 10.0. The first kappa shape index (κ1) is 17.2. The molecule has 0 bridgehead atoms. The average molecular weight is 368 g/mol. The lowest BCUT2D eigenvalue weighted by Crippen LogP contribution is -2.52. The van der Waals surface area contributed by atoms with Gasteiger partial charge in [0, 0.05) is 6.21 Å². The van der Waals surface area contributed by atoms with Crippen molar-refractivity contribution in [2.75, 3.05) is 11.6 Å². The van der Waals surface area contributed by atoms with Gasteiger partial charge in [-0.3, -0.25) is 14.5 Å². The summed E-state index contributed by atoms with van der Waals surface area (Å²) in [5.41, 5.74) is 0.814. The summed E-state index contributed by atoms with van der Waals surface area (Å²) in [6.45, 7) is 3.65. The standard InChI is InChI=1S/C18H20N6O3/c1-10(2)14-17(26)23(18(27)22-14)9-13-20-15-12(16(25)21-13)8-19-24(15)11-6-4-3-5-7-11/h3-8,10,12,14-15H,9H2,1-2H3,(H,22,27)(H,20,21,25)/t12-,14+,15+/m1/s1. The Bertz CT molecular complexity index is 850. The van der Waals surface area contributed by atoms with E-state index in [-0.39, 0.29) is 30.1 Å². The molecule has 0 radical (unpaired) electrons. The molecule has 1 fully saturated rings. The second-order valence-electron chi connectivity index (χ2n) is 7.04. The minimum atomic E-state index is -0.555. The number of aliphatic imine (C=N–C) groups is 1. The molecular formula is C18H20N6O3. The molecule has 0 aliphatic carbocycles. The van der Waals surface area contributed by atoms with Crippen LogP contribution in [0.5, 0.6) is 0 Å². The predicted molar refractivity (Wildman–Crippen MR) is 99.1 cm³/mol. The largest absolute Gasteiger partial charge is 0.326 e. The molecule has 140 valence electrons. The van der Waals surface area contributed by atoms with E-state index in [0.717, 1.165) is 10.6 Å². The van der Waals surface area contributed by atoms with Crippen molar-refractivity contribution in [3.05, 3.63) is 30.3 Å². The number of hydrogen-bond acceptors (Lipinski definition) is 6. The molecule has 9 nitrogen and oxygen atoms in total. The number of para-hydroxylation sites is 1. The van der Waals surface area contributed by atoms with Crippen LogP contribution in [0.2, 0.25) is 0 Å². The molecule has 1 aromatic carbocycles. The molecule has 0 saturated carbocycles. The second-order valence-corrected chi connectivity index (χ2v) is 7.04. The van der Waals surface area contributed by atoms with Crippen molar-refractivity contribution in [3.8, 4) is 0 Å². The number of nitrogens with zero attached hydrogens (tertiary/aromatic N) is 4. The van der Waals surface area contributed by atoms with Crippen LogP contribution in [0.4, 0.5) is 10.5 Å². The minimum absolute atomic E-state index is 0.0180. The first-order valence-corrected chi connectivity index (χ1v) is 8.83. The van der Waals surface area contributed by atoms with Crippen molar-refractivity contribution in [1.29, 1.82) is 0 Å². The highest BCUT2D eigenvalue weighted by Crippen LogP contribution is 2.28. The molecule has 3 aliphatic rings. The van der Waals surface area contributed by atoms with Crippen LogP contribution < -0.4 is 15.6 Å². The minimum Gasteiger partial charge on any atom is -0.326 e. The Hall–Kier alpha value is -3.23. The molecule has 0 spiro atoms. The Morgan fingerprint density at radius 2 is 1.89 bits per heavy atom. The number of carbonyl (C=O) groups is 3. The van der Waals surface area contributed by atoms with Gasteiger partial charge in [-0.15, -0.1) is 0 Å². The molecule has 4 amide bonds. The van der Waals surface area contributed by atoms with Gasteiger partial charge in [-0.1, -0.05) is 32.0 Å². The number of carbonyl (C=O) groups excluding carboxylic acids is 3. The zero-order valence-corrected chi connectivity index (χ0v) is 15.0. The van der Waals surface area contributed by atoms with Gasteiger partial charge in [0.15, 0.2) is 6.17 Å². The van der Waals surface area contributed by atoms with Crippen molar-refractivity contribution in [3.63, 3.8) is 0 Å². The van der Waals surface area contributed by atoms with Gasteiger partial charge in [0.2, 0.25) is 5.91 Å². The van der Waals surface area contributed by atoms with Crippen LogP contribution in [0.1, 0.15) is 13.8 Å². The molecule has 9 heteroatoms. The first-order chi connectivity index (χ1) is 13.0. The molecule has 0 aromatic heterocycles. The number of rotatable bonds is 4. The maximum Gasteiger partial charge on any atom is 0.325 e. The molecule has 0 unspecified atom stereocenters. The Morgan fingerprint density at radius 1 is 1.15 bits per heavy atom. The third-order valence-electron chi connectivity index (χ3n) is 4.83. The number of amidine groups is 1. The maximum absolute atomic E-state index is 12.5. The maximum atomic E-state index is 12.5. The second kappa shape index (κ2) is 6.49. The van der Waals surface area contributed by atoms with Gasteiger partial charge in [0.1, 0.15) is 17.8 Å². The van der Waals surface area contributed by atoms with E-state index in [4.69, 9.17) is 0 Å². The summed E-state index contributed by atoms with van der Waals surface area (Å²) in [5.74, 6) is -0.812. The molecule has 4 rings (SSSR count). The summed E-state index contributed by atoms with van der Waals surface area (Å²) in [5, 5.41) is 11.3. The summed E-state index contributed by atoms with van der Waals surface area (Å²) in [7, 11) is 0. The summed E-state index contributed by atoms with van der Waals surface area (Å²) in [6.07, 6.45) is 1.04. The van der Waals surface area contributed by atoms with E-state index in [1.54, 1.807) is 11.2 Å². The normalized spacial score (nSPS) is 27.0. The zero-order chi connectivity index (χ0) is 19.1. The highest BCUT2D eigenvalue weighted by atomic mass is 16.2. The number of urea groups is 1. The number of hydrazone groups is 1. The zero-order valence-electron chi connectivity index (χ0n) is 15.0. The van der Waals surface area contributed by atoms with Crippen LogP contribution in [-0.4, -0.2) is 53.5 Å².